The topological polar surface area (TPSA) is 92.7 Å². The molecule has 9 heteroatoms. The quantitative estimate of drug-likeness (QED) is 0.718. The van der Waals surface area contributed by atoms with Crippen molar-refractivity contribution in [1.29, 1.82) is 0 Å². The Balaban J connectivity index is 1.43. The van der Waals surface area contributed by atoms with Gasteiger partial charge in [0, 0.05) is 23.9 Å². The third kappa shape index (κ3) is 3.55. The summed E-state index contributed by atoms with van der Waals surface area (Å²) in [6, 6.07) is 5.91. The number of hydrogen-bond acceptors (Lipinski definition) is 5. The van der Waals surface area contributed by atoms with Gasteiger partial charge in [-0.2, -0.15) is 5.10 Å². The molecule has 1 aromatic carbocycles. The fourth-order valence-corrected chi connectivity index (χ4v) is 4.09. The van der Waals surface area contributed by atoms with Crippen molar-refractivity contribution >= 4 is 17.2 Å². The van der Waals surface area contributed by atoms with Crippen molar-refractivity contribution in [3.05, 3.63) is 57.5 Å². The van der Waals surface area contributed by atoms with Gasteiger partial charge in [0.1, 0.15) is 16.6 Å². The zero-order chi connectivity index (χ0) is 19.0. The molecule has 2 aromatic heterocycles. The second-order valence-corrected chi connectivity index (χ2v) is 7.46. The SMILES string of the molecule is CC(NC(=O)C1CCc2n[nH]c(=O)n2C1)c1csc(-c2ccc(F)cc2)n1. The lowest BCUT2D eigenvalue weighted by Gasteiger charge is -2.23. The third-order valence-electron chi connectivity index (χ3n) is 4.74. The van der Waals surface area contributed by atoms with Crippen molar-refractivity contribution in [3.8, 4) is 10.6 Å². The monoisotopic (exact) mass is 387 g/mol. The van der Waals surface area contributed by atoms with Crippen LogP contribution < -0.4 is 11.0 Å². The predicted octanol–water partition coefficient (Wildman–Crippen LogP) is 2.27. The second-order valence-electron chi connectivity index (χ2n) is 6.61. The van der Waals surface area contributed by atoms with Crippen molar-refractivity contribution in [2.75, 3.05) is 0 Å². The molecular formula is C18H18FN5O2S. The van der Waals surface area contributed by atoms with E-state index in [0.717, 1.165) is 16.3 Å². The number of aromatic nitrogens is 4. The van der Waals surface area contributed by atoms with Crippen LogP contribution in [0.25, 0.3) is 10.6 Å². The summed E-state index contributed by atoms with van der Waals surface area (Å²) in [4.78, 5) is 28.9. The van der Waals surface area contributed by atoms with E-state index in [0.29, 0.717) is 25.2 Å². The van der Waals surface area contributed by atoms with Crippen LogP contribution in [0, 0.1) is 11.7 Å². The molecule has 3 aromatic rings. The number of nitrogens with zero attached hydrogens (tertiary/aromatic N) is 3. The van der Waals surface area contributed by atoms with Gasteiger partial charge < -0.3 is 5.32 Å². The standard InChI is InChI=1S/C18H18FN5O2S/c1-10(14-9-27-17(21-14)11-2-5-13(19)6-3-11)20-16(25)12-4-7-15-22-23-18(26)24(15)8-12/h2-3,5-6,9-10,12H,4,7-8H2,1H3,(H,20,25)(H,23,26). The molecule has 0 saturated heterocycles. The summed E-state index contributed by atoms with van der Waals surface area (Å²) in [5, 5.41) is 12.0. The van der Waals surface area contributed by atoms with Crippen LogP contribution in [-0.4, -0.2) is 25.7 Å². The number of nitrogens with one attached hydrogen (secondary N) is 2. The molecule has 140 valence electrons. The largest absolute Gasteiger partial charge is 0.348 e. The number of hydrogen-bond donors (Lipinski definition) is 2. The molecule has 4 rings (SSSR count). The van der Waals surface area contributed by atoms with E-state index in [-0.39, 0.29) is 29.4 Å². The number of aryl methyl sites for hydroxylation is 1. The van der Waals surface area contributed by atoms with Crippen LogP contribution in [0.4, 0.5) is 4.39 Å². The molecule has 7 nitrogen and oxygen atoms in total. The summed E-state index contributed by atoms with van der Waals surface area (Å²) < 4.78 is 14.6. The predicted molar refractivity (Wildman–Crippen MR) is 98.7 cm³/mol. The minimum Gasteiger partial charge on any atom is -0.348 e. The van der Waals surface area contributed by atoms with Gasteiger partial charge in [0.15, 0.2) is 0 Å². The molecular weight excluding hydrogens is 369 g/mol. The van der Waals surface area contributed by atoms with Gasteiger partial charge in [0.05, 0.1) is 17.7 Å². The van der Waals surface area contributed by atoms with Gasteiger partial charge in [-0.05, 0) is 37.6 Å². The third-order valence-corrected chi connectivity index (χ3v) is 5.65. The Bertz CT molecular complexity index is 1020. The first-order valence-corrected chi connectivity index (χ1v) is 9.55. The highest BCUT2D eigenvalue weighted by atomic mass is 32.1. The summed E-state index contributed by atoms with van der Waals surface area (Å²) in [7, 11) is 0. The smallest absolute Gasteiger partial charge is 0.343 e. The van der Waals surface area contributed by atoms with Crippen LogP contribution >= 0.6 is 11.3 Å². The minimum absolute atomic E-state index is 0.0995. The summed E-state index contributed by atoms with van der Waals surface area (Å²) in [5.74, 6) is 0.0344. The van der Waals surface area contributed by atoms with E-state index in [4.69, 9.17) is 0 Å². The zero-order valence-electron chi connectivity index (χ0n) is 14.6. The first-order valence-electron chi connectivity index (χ1n) is 8.67. The number of carbonyl (C=O) groups excluding carboxylic acids is 1. The molecule has 2 N–H and O–H groups in total. The van der Waals surface area contributed by atoms with Crippen LogP contribution in [-0.2, 0) is 17.8 Å². The molecule has 2 unspecified atom stereocenters. The maximum atomic E-state index is 13.1. The number of rotatable bonds is 4. The highest BCUT2D eigenvalue weighted by molar-refractivity contribution is 7.13. The lowest BCUT2D eigenvalue weighted by atomic mass is 9.98. The van der Waals surface area contributed by atoms with Crippen molar-refractivity contribution in [1.82, 2.24) is 25.1 Å². The number of benzene rings is 1. The molecule has 1 aliphatic heterocycles. The normalized spacial score (nSPS) is 17.3. The highest BCUT2D eigenvalue weighted by Crippen LogP contribution is 2.27. The second kappa shape index (κ2) is 7.07. The summed E-state index contributed by atoms with van der Waals surface area (Å²) in [6.07, 6.45) is 1.25. The van der Waals surface area contributed by atoms with Crippen molar-refractivity contribution in [2.45, 2.75) is 32.4 Å². The van der Waals surface area contributed by atoms with E-state index in [1.165, 1.54) is 28.0 Å². The van der Waals surface area contributed by atoms with Crippen LogP contribution in [0.3, 0.4) is 0 Å². The van der Waals surface area contributed by atoms with Crippen molar-refractivity contribution in [2.24, 2.45) is 5.92 Å². The Morgan fingerprint density at radius 1 is 1.41 bits per heavy atom. The molecule has 2 atom stereocenters. The Labute approximate surface area is 158 Å². The average molecular weight is 387 g/mol. The van der Waals surface area contributed by atoms with Crippen molar-refractivity contribution < 1.29 is 9.18 Å². The van der Waals surface area contributed by atoms with Gasteiger partial charge in [0.2, 0.25) is 5.91 Å². The lowest BCUT2D eigenvalue weighted by Crippen LogP contribution is -2.39. The van der Waals surface area contributed by atoms with Gasteiger partial charge in [-0.1, -0.05) is 0 Å². The minimum atomic E-state index is -0.288. The molecule has 0 spiro atoms. The molecule has 0 saturated carbocycles. The molecule has 1 aliphatic rings. The summed E-state index contributed by atoms with van der Waals surface area (Å²) >= 11 is 1.45. The molecule has 0 aliphatic carbocycles. The Hall–Kier alpha value is -2.81. The number of thiazole rings is 1. The van der Waals surface area contributed by atoms with Crippen LogP contribution in [0.15, 0.2) is 34.4 Å². The summed E-state index contributed by atoms with van der Waals surface area (Å²) in [6.45, 7) is 2.21. The van der Waals surface area contributed by atoms with Gasteiger partial charge in [0.25, 0.3) is 0 Å². The van der Waals surface area contributed by atoms with Gasteiger partial charge in [-0.15, -0.1) is 11.3 Å². The van der Waals surface area contributed by atoms with Gasteiger partial charge in [-0.3, -0.25) is 9.36 Å². The number of aromatic amines is 1. The molecule has 0 bridgehead atoms. The van der Waals surface area contributed by atoms with Crippen LogP contribution in [0.1, 0.15) is 30.9 Å². The Kier molecular flexibility index (Phi) is 4.61. The van der Waals surface area contributed by atoms with E-state index >= 15 is 0 Å². The number of H-pyrrole nitrogens is 1. The van der Waals surface area contributed by atoms with E-state index in [9.17, 15) is 14.0 Å². The van der Waals surface area contributed by atoms with E-state index in [1.54, 1.807) is 12.1 Å². The Morgan fingerprint density at radius 3 is 2.96 bits per heavy atom. The Morgan fingerprint density at radius 2 is 2.19 bits per heavy atom. The maximum absolute atomic E-state index is 13.1. The highest BCUT2D eigenvalue weighted by Gasteiger charge is 2.28. The fraction of sp³-hybridized carbons (Fsp3) is 0.333. The zero-order valence-corrected chi connectivity index (χ0v) is 15.4. The van der Waals surface area contributed by atoms with Crippen molar-refractivity contribution in [3.63, 3.8) is 0 Å². The summed E-state index contributed by atoms with van der Waals surface area (Å²) in [5.41, 5.74) is 1.31. The number of fused-ring (bicyclic) bond motifs is 1. The molecule has 0 radical (unpaired) electrons. The number of carbonyl (C=O) groups is 1. The first kappa shape index (κ1) is 17.6. The van der Waals surface area contributed by atoms with E-state index in [1.807, 2.05) is 12.3 Å². The van der Waals surface area contributed by atoms with E-state index in [2.05, 4.69) is 20.5 Å². The maximum Gasteiger partial charge on any atom is 0.343 e. The average Bonchev–Trinajstić information content (AvgIpc) is 3.30. The van der Waals surface area contributed by atoms with Crippen LogP contribution in [0.2, 0.25) is 0 Å². The lowest BCUT2D eigenvalue weighted by molar-refractivity contribution is -0.126. The molecule has 27 heavy (non-hydrogen) atoms. The fourth-order valence-electron chi connectivity index (χ4n) is 3.17. The van der Waals surface area contributed by atoms with E-state index < -0.39 is 0 Å². The van der Waals surface area contributed by atoms with Gasteiger partial charge >= 0.3 is 5.69 Å². The van der Waals surface area contributed by atoms with Crippen LogP contribution in [0.5, 0.6) is 0 Å². The first-order chi connectivity index (χ1) is 13.0. The molecule has 1 amide bonds. The van der Waals surface area contributed by atoms with Gasteiger partial charge in [-0.25, -0.2) is 19.3 Å². The molecule has 3 heterocycles. The number of amides is 1. The molecule has 0 fully saturated rings. The number of halogens is 1.